The van der Waals surface area contributed by atoms with Crippen LogP contribution in [0, 0.1) is 10.8 Å². The van der Waals surface area contributed by atoms with Crippen molar-refractivity contribution in [3.8, 4) is 11.3 Å². The average molecular weight is 672 g/mol. The Kier molecular flexibility index (Phi) is 14.8. The van der Waals surface area contributed by atoms with Crippen LogP contribution in [0.5, 0.6) is 0 Å². The van der Waals surface area contributed by atoms with Gasteiger partial charge in [-0.15, -0.1) is 0 Å². The van der Waals surface area contributed by atoms with Crippen molar-refractivity contribution in [3.05, 3.63) is 54.2 Å². The van der Waals surface area contributed by atoms with E-state index in [4.69, 9.17) is 9.47 Å². The van der Waals surface area contributed by atoms with Gasteiger partial charge in [-0.05, 0) is 36.0 Å². The summed E-state index contributed by atoms with van der Waals surface area (Å²) >= 11 is 0. The highest BCUT2D eigenvalue weighted by Gasteiger charge is 2.38. The molecule has 0 spiro atoms. The van der Waals surface area contributed by atoms with E-state index < -0.39 is 65.0 Å². The van der Waals surface area contributed by atoms with E-state index in [9.17, 15) is 29.1 Å². The number of pyridine rings is 1. The second-order valence-corrected chi connectivity index (χ2v) is 13.2. The van der Waals surface area contributed by atoms with E-state index in [0.717, 1.165) is 23.9 Å². The lowest BCUT2D eigenvalue weighted by Crippen LogP contribution is -2.57. The Morgan fingerprint density at radius 3 is 1.96 bits per heavy atom. The second kappa shape index (κ2) is 18.0. The van der Waals surface area contributed by atoms with E-state index in [1.54, 1.807) is 40.8 Å². The SMILES string of the molecule is COC(=O)NC(C(=O)NC(Cc1ccc(-c2ccccn2)cc1)CC(O)CNC(=O)C(NC(=O)OC)C(C)(C)COC(C)=O)C(C)(C)C. The number of rotatable bonds is 15. The molecule has 0 radical (unpaired) electrons. The van der Waals surface area contributed by atoms with Crippen LogP contribution in [0.15, 0.2) is 48.7 Å². The van der Waals surface area contributed by atoms with Crippen LogP contribution in [0.2, 0.25) is 0 Å². The molecule has 0 bridgehead atoms. The van der Waals surface area contributed by atoms with Crippen LogP contribution in [-0.2, 0) is 35.0 Å². The average Bonchev–Trinajstić information content (AvgIpc) is 3.03. The van der Waals surface area contributed by atoms with Crippen molar-refractivity contribution in [1.82, 2.24) is 26.3 Å². The molecular formula is C34H49N5O9. The molecule has 2 rings (SSSR count). The zero-order chi connectivity index (χ0) is 36.1. The summed E-state index contributed by atoms with van der Waals surface area (Å²) in [5.74, 6) is -1.67. The summed E-state index contributed by atoms with van der Waals surface area (Å²) in [4.78, 5) is 66.7. The van der Waals surface area contributed by atoms with E-state index in [2.05, 4.69) is 31.0 Å². The molecule has 4 unspecified atom stereocenters. The highest BCUT2D eigenvalue weighted by Crippen LogP contribution is 2.23. The molecule has 4 atom stereocenters. The zero-order valence-corrected chi connectivity index (χ0v) is 28.9. The third kappa shape index (κ3) is 12.8. The number of carbonyl (C=O) groups is 5. The predicted octanol–water partition coefficient (Wildman–Crippen LogP) is 2.73. The number of ether oxygens (including phenoxy) is 3. The van der Waals surface area contributed by atoms with Gasteiger partial charge in [0.25, 0.3) is 0 Å². The first-order chi connectivity index (χ1) is 22.5. The first-order valence-corrected chi connectivity index (χ1v) is 15.6. The van der Waals surface area contributed by atoms with E-state index in [1.807, 2.05) is 42.5 Å². The Bertz CT molecular complexity index is 1380. The van der Waals surface area contributed by atoms with Gasteiger partial charge in [-0.3, -0.25) is 19.4 Å². The van der Waals surface area contributed by atoms with Gasteiger partial charge >= 0.3 is 18.2 Å². The fourth-order valence-corrected chi connectivity index (χ4v) is 4.86. The summed E-state index contributed by atoms with van der Waals surface area (Å²) in [6, 6.07) is 10.5. The van der Waals surface area contributed by atoms with Crippen molar-refractivity contribution < 1.29 is 43.3 Å². The normalized spacial score (nSPS) is 13.9. The van der Waals surface area contributed by atoms with Gasteiger partial charge < -0.3 is 40.6 Å². The fourth-order valence-electron chi connectivity index (χ4n) is 4.86. The molecule has 264 valence electrons. The van der Waals surface area contributed by atoms with E-state index >= 15 is 0 Å². The number of methoxy groups -OCH3 is 2. The number of carbonyl (C=O) groups excluding carboxylic acids is 5. The number of aromatic nitrogens is 1. The van der Waals surface area contributed by atoms with Gasteiger partial charge in [0.1, 0.15) is 12.1 Å². The first kappa shape index (κ1) is 39.5. The van der Waals surface area contributed by atoms with Gasteiger partial charge in [-0.25, -0.2) is 9.59 Å². The van der Waals surface area contributed by atoms with Crippen LogP contribution < -0.4 is 21.3 Å². The first-order valence-electron chi connectivity index (χ1n) is 15.6. The standard InChI is InChI=1S/C34H49N5O9/c1-21(40)48-20-34(5,6)28(39-32(45)47-8)29(42)36-19-25(41)18-24(37-30(43)27(33(2,3)4)38-31(44)46-7)17-22-12-14-23(15-13-22)26-11-9-10-16-35-26/h9-16,24-25,27-28,41H,17-20H2,1-8H3,(H,36,42)(H,37,43)(H,38,44)(H,39,45). The van der Waals surface area contributed by atoms with Crippen molar-refractivity contribution in [2.75, 3.05) is 27.4 Å². The van der Waals surface area contributed by atoms with Crippen molar-refractivity contribution >= 4 is 30.0 Å². The Hall–Kier alpha value is -4.72. The maximum atomic E-state index is 13.5. The molecule has 0 aliphatic carbocycles. The molecular weight excluding hydrogens is 622 g/mol. The van der Waals surface area contributed by atoms with Crippen LogP contribution in [0.25, 0.3) is 11.3 Å². The Morgan fingerprint density at radius 1 is 0.833 bits per heavy atom. The molecule has 0 aliphatic rings. The van der Waals surface area contributed by atoms with Crippen molar-refractivity contribution in [3.63, 3.8) is 0 Å². The molecule has 1 aromatic heterocycles. The van der Waals surface area contributed by atoms with E-state index in [1.165, 1.54) is 14.0 Å². The van der Waals surface area contributed by atoms with Crippen LogP contribution in [-0.4, -0.2) is 91.7 Å². The summed E-state index contributed by atoms with van der Waals surface area (Å²) < 4.78 is 14.5. The Labute approximate surface area is 281 Å². The third-order valence-electron chi connectivity index (χ3n) is 7.53. The number of aliphatic hydroxyl groups excluding tert-OH is 1. The molecule has 2 aromatic rings. The largest absolute Gasteiger partial charge is 0.465 e. The molecule has 5 N–H and O–H groups in total. The molecule has 0 saturated heterocycles. The maximum Gasteiger partial charge on any atom is 0.407 e. The van der Waals surface area contributed by atoms with E-state index in [0.29, 0.717) is 6.42 Å². The number of benzene rings is 1. The number of esters is 1. The summed E-state index contributed by atoms with van der Waals surface area (Å²) in [5.41, 5.74) is 0.850. The van der Waals surface area contributed by atoms with Gasteiger partial charge in [0.15, 0.2) is 0 Å². The van der Waals surface area contributed by atoms with Crippen molar-refractivity contribution in [1.29, 1.82) is 0 Å². The van der Waals surface area contributed by atoms with E-state index in [-0.39, 0.29) is 19.6 Å². The minimum absolute atomic E-state index is 0.0229. The topological polar surface area (TPSA) is 194 Å². The lowest BCUT2D eigenvalue weighted by Gasteiger charge is -2.33. The predicted molar refractivity (Wildman–Crippen MR) is 177 cm³/mol. The van der Waals surface area contributed by atoms with Crippen LogP contribution in [0.4, 0.5) is 9.59 Å². The lowest BCUT2D eigenvalue weighted by atomic mass is 9.84. The number of hydrogen-bond donors (Lipinski definition) is 5. The number of hydrogen-bond acceptors (Lipinski definition) is 10. The molecule has 1 heterocycles. The molecule has 0 saturated carbocycles. The number of nitrogens with zero attached hydrogens (tertiary/aromatic N) is 1. The number of nitrogens with one attached hydrogen (secondary N) is 4. The summed E-state index contributed by atoms with van der Waals surface area (Å²) in [6.45, 7) is 9.48. The summed E-state index contributed by atoms with van der Waals surface area (Å²) in [7, 11) is 2.36. The van der Waals surface area contributed by atoms with Gasteiger partial charge in [0, 0.05) is 36.7 Å². The van der Waals surface area contributed by atoms with Crippen LogP contribution >= 0.6 is 0 Å². The maximum absolute atomic E-state index is 13.5. The van der Waals surface area contributed by atoms with Crippen LogP contribution in [0.3, 0.4) is 0 Å². The molecule has 0 aliphatic heterocycles. The Morgan fingerprint density at radius 2 is 1.44 bits per heavy atom. The molecule has 0 fully saturated rings. The minimum atomic E-state index is -1.18. The summed E-state index contributed by atoms with van der Waals surface area (Å²) in [6.07, 6.45) is -0.717. The minimum Gasteiger partial charge on any atom is -0.465 e. The highest BCUT2D eigenvalue weighted by atomic mass is 16.5. The number of aliphatic hydroxyl groups is 1. The van der Waals surface area contributed by atoms with Gasteiger partial charge in [-0.2, -0.15) is 0 Å². The second-order valence-electron chi connectivity index (χ2n) is 13.2. The fraction of sp³-hybridized carbons (Fsp3) is 0.529. The quantitative estimate of drug-likeness (QED) is 0.139. The summed E-state index contributed by atoms with van der Waals surface area (Å²) in [5, 5.41) is 21.7. The monoisotopic (exact) mass is 671 g/mol. The van der Waals surface area contributed by atoms with Crippen LogP contribution in [0.1, 0.15) is 53.5 Å². The van der Waals surface area contributed by atoms with Gasteiger partial charge in [0.05, 0.1) is 32.6 Å². The van der Waals surface area contributed by atoms with Gasteiger partial charge in [-0.1, -0.05) is 65.0 Å². The number of amides is 4. The van der Waals surface area contributed by atoms with Crippen molar-refractivity contribution in [2.24, 2.45) is 10.8 Å². The third-order valence-corrected chi connectivity index (χ3v) is 7.53. The highest BCUT2D eigenvalue weighted by molar-refractivity contribution is 5.87. The van der Waals surface area contributed by atoms with Crippen molar-refractivity contribution in [2.45, 2.75) is 78.6 Å². The zero-order valence-electron chi connectivity index (χ0n) is 28.9. The Balaban J connectivity index is 2.25. The van der Waals surface area contributed by atoms with Gasteiger partial charge in [0.2, 0.25) is 11.8 Å². The molecule has 14 nitrogen and oxygen atoms in total. The molecule has 4 amide bonds. The lowest BCUT2D eigenvalue weighted by molar-refractivity contribution is -0.146. The molecule has 48 heavy (non-hydrogen) atoms. The smallest absolute Gasteiger partial charge is 0.407 e. The molecule has 1 aromatic carbocycles. The number of alkyl carbamates (subject to hydrolysis) is 2. The molecule has 14 heteroatoms.